The van der Waals surface area contributed by atoms with Crippen LogP contribution < -0.4 is 4.90 Å². The van der Waals surface area contributed by atoms with E-state index in [0.29, 0.717) is 0 Å². The number of allylic oxidation sites excluding steroid dienone is 4. The maximum Gasteiger partial charge on any atom is 0.0698 e. The minimum atomic E-state index is -0.424. The van der Waals surface area contributed by atoms with Gasteiger partial charge in [-0.15, -0.1) is 0 Å². The summed E-state index contributed by atoms with van der Waals surface area (Å²) in [5.41, 5.74) is 17.1. The molecule has 52 heavy (non-hydrogen) atoms. The van der Waals surface area contributed by atoms with Crippen LogP contribution in [0.3, 0.4) is 0 Å². The van der Waals surface area contributed by atoms with Crippen LogP contribution in [0, 0.1) is 11.8 Å². The number of hydrogen-bond donors (Lipinski definition) is 0. The zero-order valence-corrected chi connectivity index (χ0v) is 28.4. The summed E-state index contributed by atoms with van der Waals surface area (Å²) >= 11 is 0. The first-order valence-corrected chi connectivity index (χ1v) is 18.0. The topological polar surface area (TPSA) is 8.17 Å². The molecule has 0 amide bonds. The van der Waals surface area contributed by atoms with E-state index < -0.39 is 5.41 Å². The highest BCUT2D eigenvalue weighted by Gasteiger charge is 2.52. The zero-order chi connectivity index (χ0) is 34.2. The van der Waals surface area contributed by atoms with Crippen LogP contribution in [0.2, 0.25) is 0 Å². The van der Waals surface area contributed by atoms with Crippen molar-refractivity contribution in [2.75, 3.05) is 4.90 Å². The predicted molar refractivity (Wildman–Crippen MR) is 216 cm³/mol. The van der Waals surface area contributed by atoms with Crippen LogP contribution in [-0.2, 0) is 5.41 Å². The Kier molecular flexibility index (Phi) is 6.18. The molecule has 1 heterocycles. The second-order valence-electron chi connectivity index (χ2n) is 13.9. The van der Waals surface area contributed by atoms with Crippen LogP contribution in [0.5, 0.6) is 0 Å². The number of benzene rings is 7. The van der Waals surface area contributed by atoms with Crippen molar-refractivity contribution in [1.29, 1.82) is 0 Å². The molecule has 8 aromatic rings. The molecule has 0 fully saturated rings. The Labute approximate surface area is 303 Å². The number of para-hydroxylation sites is 3. The van der Waals surface area contributed by atoms with Gasteiger partial charge in [0.15, 0.2) is 0 Å². The van der Waals surface area contributed by atoms with Gasteiger partial charge >= 0.3 is 0 Å². The summed E-state index contributed by atoms with van der Waals surface area (Å²) in [6.07, 6.45) is 4.99. The number of hydrogen-bond acceptors (Lipinski definition) is 1. The molecule has 1 aromatic heterocycles. The van der Waals surface area contributed by atoms with Gasteiger partial charge in [0.2, 0.25) is 0 Å². The molecule has 11 rings (SSSR count). The molecule has 0 saturated carbocycles. The molecule has 0 aliphatic heterocycles. The molecule has 242 valence electrons. The van der Waals surface area contributed by atoms with Crippen LogP contribution in [0.4, 0.5) is 17.1 Å². The monoisotopic (exact) mass is 660 g/mol. The first-order chi connectivity index (χ1) is 25.8. The second kappa shape index (κ2) is 11.1. The summed E-state index contributed by atoms with van der Waals surface area (Å²) in [5, 5.41) is 2.47. The lowest BCUT2D eigenvalue weighted by atomic mass is 9.69. The number of rotatable bonds is 4. The zero-order valence-electron chi connectivity index (χ0n) is 28.4. The van der Waals surface area contributed by atoms with Crippen LogP contribution >= 0.6 is 0 Å². The van der Waals surface area contributed by atoms with Crippen molar-refractivity contribution >= 4 is 44.4 Å². The normalized spacial score (nSPS) is 16.3. The van der Waals surface area contributed by atoms with E-state index >= 15 is 0 Å². The molecule has 0 bridgehead atoms. The lowest BCUT2D eigenvalue weighted by Crippen LogP contribution is -2.27. The van der Waals surface area contributed by atoms with Crippen molar-refractivity contribution in [3.8, 4) is 28.7 Å². The third-order valence-electron chi connectivity index (χ3n) is 11.3. The summed E-state index contributed by atoms with van der Waals surface area (Å²) < 4.78 is 2.38. The fourth-order valence-corrected chi connectivity index (χ4v) is 9.31. The Morgan fingerprint density at radius 3 is 1.98 bits per heavy atom. The van der Waals surface area contributed by atoms with Gasteiger partial charge in [0, 0.05) is 39.9 Å². The Morgan fingerprint density at radius 1 is 0.500 bits per heavy atom. The van der Waals surface area contributed by atoms with E-state index in [4.69, 9.17) is 0 Å². The quantitative estimate of drug-likeness (QED) is 0.171. The third-order valence-corrected chi connectivity index (χ3v) is 11.3. The standard InChI is InChI=1S/C50H32N2/c1-4-16-34(17-5-1)51(36-29-31-49-43(32-36)42-23-12-15-27-48(42)52(49)35-18-6-2-7-19-35)37-28-30-41-40-22-11-14-26-46(40)50(47(41)33-37)44-24-9-3-8-20-38(44)39-21-10-13-25-45(39)50/h1-2,4-8,10-23,25-33H,24H2. The maximum absolute atomic E-state index is 3.49. The predicted octanol–water partition coefficient (Wildman–Crippen LogP) is 12.3. The molecule has 1 atom stereocenters. The molecule has 3 aliphatic carbocycles. The van der Waals surface area contributed by atoms with Crippen LogP contribution in [0.25, 0.3) is 44.2 Å². The van der Waals surface area contributed by atoms with Crippen molar-refractivity contribution in [2.45, 2.75) is 11.8 Å². The molecular weight excluding hydrogens is 629 g/mol. The minimum Gasteiger partial charge on any atom is -0.310 e. The van der Waals surface area contributed by atoms with Gasteiger partial charge in [-0.2, -0.15) is 0 Å². The molecule has 3 aliphatic rings. The van der Waals surface area contributed by atoms with Crippen LogP contribution in [0.1, 0.15) is 28.7 Å². The highest BCUT2D eigenvalue weighted by atomic mass is 15.1. The lowest BCUT2D eigenvalue weighted by molar-refractivity contribution is 0.750. The average molecular weight is 661 g/mol. The molecule has 1 unspecified atom stereocenters. The van der Waals surface area contributed by atoms with E-state index in [0.717, 1.165) is 29.2 Å². The molecule has 0 N–H and O–H groups in total. The second-order valence-corrected chi connectivity index (χ2v) is 13.9. The van der Waals surface area contributed by atoms with Crippen molar-refractivity contribution in [3.05, 3.63) is 210 Å². The molecule has 2 nitrogen and oxygen atoms in total. The van der Waals surface area contributed by atoms with Crippen molar-refractivity contribution in [1.82, 2.24) is 4.57 Å². The fraction of sp³-hybridized carbons (Fsp3) is 0.0400. The highest BCUT2D eigenvalue weighted by molar-refractivity contribution is 6.11. The van der Waals surface area contributed by atoms with Gasteiger partial charge in [-0.1, -0.05) is 121 Å². The summed E-state index contributed by atoms with van der Waals surface area (Å²) in [6, 6.07) is 62.3. The molecule has 0 saturated heterocycles. The van der Waals surface area contributed by atoms with E-state index in [1.165, 1.54) is 66.3 Å². The van der Waals surface area contributed by atoms with Gasteiger partial charge in [0.05, 0.1) is 16.4 Å². The van der Waals surface area contributed by atoms with Crippen molar-refractivity contribution in [3.63, 3.8) is 0 Å². The van der Waals surface area contributed by atoms with Crippen LogP contribution in [0.15, 0.2) is 188 Å². The molecule has 7 aromatic carbocycles. The Bertz CT molecular complexity index is 2880. The van der Waals surface area contributed by atoms with E-state index in [1.807, 2.05) is 6.08 Å². The Hall–Kier alpha value is -6.82. The van der Waals surface area contributed by atoms with Crippen LogP contribution in [-0.4, -0.2) is 4.57 Å². The summed E-state index contributed by atoms with van der Waals surface area (Å²) in [7, 11) is 0. The SMILES string of the molecule is C1#CCC2=C(C=C1)c1ccccc1C21c2ccccc2-c2ccc(N(c3ccccc3)c3ccc4c(c3)c3ccccc3n4-c3ccccc3)cc21. The average Bonchev–Trinajstić information content (AvgIpc) is 3.70. The first-order valence-electron chi connectivity index (χ1n) is 18.0. The van der Waals surface area contributed by atoms with E-state index in [9.17, 15) is 0 Å². The maximum atomic E-state index is 3.49. The molecule has 2 heteroatoms. The largest absolute Gasteiger partial charge is 0.310 e. The van der Waals surface area contributed by atoms with Gasteiger partial charge in [0.1, 0.15) is 0 Å². The summed E-state index contributed by atoms with van der Waals surface area (Å²) in [4.78, 5) is 2.42. The summed E-state index contributed by atoms with van der Waals surface area (Å²) in [6.45, 7) is 0. The Morgan fingerprint density at radius 2 is 1.13 bits per heavy atom. The number of nitrogens with zero attached hydrogens (tertiary/aromatic N) is 2. The molecule has 1 spiro atoms. The van der Waals surface area contributed by atoms with Gasteiger partial charge in [-0.3, -0.25) is 0 Å². The molecule has 0 radical (unpaired) electrons. The Balaban J connectivity index is 1.17. The first kappa shape index (κ1) is 29.0. The van der Waals surface area contributed by atoms with Gasteiger partial charge < -0.3 is 9.47 Å². The minimum absolute atomic E-state index is 0.424. The van der Waals surface area contributed by atoms with Gasteiger partial charge in [0.25, 0.3) is 0 Å². The number of fused-ring (bicyclic) bond motifs is 12. The van der Waals surface area contributed by atoms with E-state index in [-0.39, 0.29) is 0 Å². The smallest absolute Gasteiger partial charge is 0.0698 e. The van der Waals surface area contributed by atoms with E-state index in [2.05, 4.69) is 197 Å². The highest BCUT2D eigenvalue weighted by Crippen LogP contribution is 2.63. The fourth-order valence-electron chi connectivity index (χ4n) is 9.31. The number of anilines is 3. The van der Waals surface area contributed by atoms with E-state index in [1.54, 1.807) is 0 Å². The third kappa shape index (κ3) is 3.91. The lowest BCUT2D eigenvalue weighted by Gasteiger charge is -2.33. The van der Waals surface area contributed by atoms with Gasteiger partial charge in [-0.05, 0) is 117 Å². The summed E-state index contributed by atoms with van der Waals surface area (Å²) in [5.74, 6) is 6.78. The molecular formula is C50H32N2. The van der Waals surface area contributed by atoms with Crippen molar-refractivity contribution in [2.24, 2.45) is 0 Å². The van der Waals surface area contributed by atoms with Gasteiger partial charge in [-0.25, -0.2) is 0 Å². The van der Waals surface area contributed by atoms with Crippen molar-refractivity contribution < 1.29 is 0 Å². The number of aromatic nitrogens is 1.